The van der Waals surface area contributed by atoms with Crippen molar-refractivity contribution >= 4 is 23.4 Å². The van der Waals surface area contributed by atoms with Crippen molar-refractivity contribution in [2.75, 3.05) is 5.88 Å². The van der Waals surface area contributed by atoms with Gasteiger partial charge in [-0.15, -0.1) is 18.0 Å². The average molecular weight is 389 g/mol. The monoisotopic (exact) mass is 388 g/mol. The number of ether oxygens (including phenoxy) is 1. The molecule has 4 aliphatic carbocycles. The molecule has 0 bridgehead atoms. The van der Waals surface area contributed by atoms with E-state index in [0.717, 1.165) is 51.4 Å². The number of hydrogen-bond donors (Lipinski definition) is 0. The van der Waals surface area contributed by atoms with Crippen molar-refractivity contribution in [2.45, 2.75) is 70.3 Å². The van der Waals surface area contributed by atoms with Crippen LogP contribution in [-0.4, -0.2) is 23.2 Å². The number of allylic oxidation sites excluding steroid dienone is 1. The number of carbonyl (C=O) groups is 2. The highest BCUT2D eigenvalue weighted by Gasteiger charge is 2.65. The minimum atomic E-state index is -0.804. The highest BCUT2D eigenvalue weighted by Crippen LogP contribution is 2.67. The third-order valence-electron chi connectivity index (χ3n) is 8.38. The Morgan fingerprint density at radius 1 is 1.26 bits per heavy atom. The molecular formula is C23H29ClO3. The number of ketones is 1. The maximum atomic E-state index is 12.1. The molecule has 4 rings (SSSR count). The summed E-state index contributed by atoms with van der Waals surface area (Å²) in [6, 6.07) is 0. The first-order valence-corrected chi connectivity index (χ1v) is 11.0. The van der Waals surface area contributed by atoms with E-state index in [1.165, 1.54) is 5.57 Å². The summed E-state index contributed by atoms with van der Waals surface area (Å²) in [5.41, 5.74) is 0.463. The Hall–Kier alpha value is -1.27. The van der Waals surface area contributed by atoms with E-state index < -0.39 is 11.6 Å². The molecule has 4 heteroatoms. The first kappa shape index (κ1) is 19.1. The van der Waals surface area contributed by atoms with Crippen LogP contribution in [0.4, 0.5) is 0 Å². The van der Waals surface area contributed by atoms with E-state index in [4.69, 9.17) is 22.8 Å². The fourth-order valence-electron chi connectivity index (χ4n) is 7.34. The van der Waals surface area contributed by atoms with Crippen LogP contribution >= 0.6 is 11.6 Å². The molecule has 0 aromatic rings. The fourth-order valence-corrected chi connectivity index (χ4v) is 7.39. The zero-order chi connectivity index (χ0) is 19.2. The smallest absolute Gasteiger partial charge is 0.322 e. The SMILES string of the molecule is C#C[C@]1(OC(=O)CCl)CCC2C3CCC4=CC(=O)CCC4C3CC[C@@]21CC. The molecule has 4 aliphatic rings. The predicted octanol–water partition coefficient (Wildman–Crippen LogP) is 4.67. The molecular weight excluding hydrogens is 360 g/mol. The van der Waals surface area contributed by atoms with E-state index in [-0.39, 0.29) is 11.3 Å². The summed E-state index contributed by atoms with van der Waals surface area (Å²) >= 11 is 5.74. The highest BCUT2D eigenvalue weighted by molar-refractivity contribution is 6.26. The summed E-state index contributed by atoms with van der Waals surface area (Å²) in [4.78, 5) is 23.9. The normalized spacial score (nSPS) is 43.0. The molecule has 3 fully saturated rings. The number of rotatable bonds is 3. The summed E-state index contributed by atoms with van der Waals surface area (Å²) in [5, 5.41) is 0. The zero-order valence-electron chi connectivity index (χ0n) is 16.1. The van der Waals surface area contributed by atoms with Crippen molar-refractivity contribution in [1.29, 1.82) is 0 Å². The molecule has 0 saturated heterocycles. The number of terminal acetylenes is 1. The van der Waals surface area contributed by atoms with E-state index in [1.807, 2.05) is 6.08 Å². The lowest BCUT2D eigenvalue weighted by Crippen LogP contribution is -2.55. The van der Waals surface area contributed by atoms with Crippen LogP contribution in [0.1, 0.15) is 64.7 Å². The Morgan fingerprint density at radius 3 is 2.78 bits per heavy atom. The molecule has 0 heterocycles. The molecule has 27 heavy (non-hydrogen) atoms. The van der Waals surface area contributed by atoms with E-state index in [2.05, 4.69) is 12.8 Å². The molecule has 146 valence electrons. The van der Waals surface area contributed by atoms with Gasteiger partial charge >= 0.3 is 5.97 Å². The lowest BCUT2D eigenvalue weighted by atomic mass is 9.49. The summed E-state index contributed by atoms with van der Waals surface area (Å²) in [7, 11) is 0. The van der Waals surface area contributed by atoms with E-state index in [1.54, 1.807) is 0 Å². The Labute approximate surface area is 167 Å². The van der Waals surface area contributed by atoms with Crippen molar-refractivity contribution < 1.29 is 14.3 Å². The van der Waals surface area contributed by atoms with E-state index in [9.17, 15) is 9.59 Å². The quantitative estimate of drug-likeness (QED) is 0.400. The third kappa shape index (κ3) is 2.70. The van der Waals surface area contributed by atoms with Crippen LogP contribution in [0.15, 0.2) is 11.6 Å². The number of carbonyl (C=O) groups excluding carboxylic acids is 2. The minimum absolute atomic E-state index is 0.129. The highest BCUT2D eigenvalue weighted by atomic mass is 35.5. The van der Waals surface area contributed by atoms with Crippen LogP contribution in [0.3, 0.4) is 0 Å². The van der Waals surface area contributed by atoms with Crippen molar-refractivity contribution in [3.8, 4) is 12.3 Å². The van der Waals surface area contributed by atoms with Crippen molar-refractivity contribution in [2.24, 2.45) is 29.1 Å². The van der Waals surface area contributed by atoms with Crippen LogP contribution in [0.25, 0.3) is 0 Å². The summed E-state index contributed by atoms with van der Waals surface area (Å²) in [5.74, 6) is 5.04. The number of esters is 1. The standard InChI is InChI=1S/C23H29ClO3/c1-3-22-11-9-18-17-8-6-16(25)13-15(17)5-7-19(18)20(22)10-12-23(22,4-2)27-21(26)14-24/h2,13,17-20H,3,5-12,14H2,1H3/t17?,18?,19?,20?,22-,23-/m0/s1. The maximum Gasteiger partial charge on any atom is 0.322 e. The molecule has 4 unspecified atom stereocenters. The second kappa shape index (κ2) is 6.96. The van der Waals surface area contributed by atoms with Gasteiger partial charge in [0, 0.05) is 11.8 Å². The van der Waals surface area contributed by atoms with Crippen LogP contribution in [-0.2, 0) is 14.3 Å². The number of fused-ring (bicyclic) bond motifs is 5. The average Bonchev–Trinajstić information content (AvgIpc) is 3.02. The van der Waals surface area contributed by atoms with Gasteiger partial charge in [-0.05, 0) is 81.1 Å². The number of alkyl halides is 1. The number of hydrogen-bond acceptors (Lipinski definition) is 3. The fraction of sp³-hybridized carbons (Fsp3) is 0.739. The second-order valence-electron chi connectivity index (χ2n) is 8.97. The van der Waals surface area contributed by atoms with E-state index >= 15 is 0 Å². The van der Waals surface area contributed by atoms with Gasteiger partial charge in [0.05, 0.1) is 0 Å². The van der Waals surface area contributed by atoms with Gasteiger partial charge in [0.1, 0.15) is 5.88 Å². The summed E-state index contributed by atoms with van der Waals surface area (Å²) < 4.78 is 5.90. The summed E-state index contributed by atoms with van der Waals surface area (Å²) in [6.07, 6.45) is 16.7. The first-order chi connectivity index (χ1) is 13.0. The van der Waals surface area contributed by atoms with Crippen LogP contribution < -0.4 is 0 Å². The predicted molar refractivity (Wildman–Crippen MR) is 105 cm³/mol. The largest absolute Gasteiger partial charge is 0.444 e. The molecule has 3 saturated carbocycles. The lowest BCUT2D eigenvalue weighted by molar-refractivity contribution is -0.170. The Bertz CT molecular complexity index is 720. The van der Waals surface area contributed by atoms with Gasteiger partial charge < -0.3 is 4.74 Å². The van der Waals surface area contributed by atoms with Gasteiger partial charge in [-0.2, -0.15) is 0 Å². The Balaban J connectivity index is 1.66. The van der Waals surface area contributed by atoms with Gasteiger partial charge in [0.2, 0.25) is 0 Å². The van der Waals surface area contributed by atoms with Crippen LogP contribution in [0.5, 0.6) is 0 Å². The lowest BCUT2D eigenvalue weighted by Gasteiger charge is -2.56. The molecule has 0 aliphatic heterocycles. The topological polar surface area (TPSA) is 43.4 Å². The Kier molecular flexibility index (Phi) is 4.91. The Morgan fingerprint density at radius 2 is 2.07 bits per heavy atom. The molecule has 0 amide bonds. The number of halogens is 1. The van der Waals surface area contributed by atoms with Crippen molar-refractivity contribution in [3.05, 3.63) is 11.6 Å². The first-order valence-electron chi connectivity index (χ1n) is 10.5. The van der Waals surface area contributed by atoms with Gasteiger partial charge in [-0.1, -0.05) is 18.4 Å². The minimum Gasteiger partial charge on any atom is -0.444 e. The maximum absolute atomic E-state index is 12.1. The van der Waals surface area contributed by atoms with E-state index in [0.29, 0.717) is 35.9 Å². The molecule has 0 aromatic carbocycles. The molecule has 3 nitrogen and oxygen atoms in total. The molecule has 0 radical (unpaired) electrons. The van der Waals surface area contributed by atoms with Crippen molar-refractivity contribution in [1.82, 2.24) is 0 Å². The van der Waals surface area contributed by atoms with Gasteiger partial charge in [-0.3, -0.25) is 9.59 Å². The van der Waals surface area contributed by atoms with Crippen LogP contribution in [0, 0.1) is 41.4 Å². The molecule has 6 atom stereocenters. The van der Waals surface area contributed by atoms with Gasteiger partial charge in [-0.25, -0.2) is 0 Å². The molecule has 0 aromatic heterocycles. The molecule has 0 spiro atoms. The van der Waals surface area contributed by atoms with Crippen molar-refractivity contribution in [3.63, 3.8) is 0 Å². The molecule has 0 N–H and O–H groups in total. The summed E-state index contributed by atoms with van der Waals surface area (Å²) in [6.45, 7) is 2.20. The second-order valence-corrected chi connectivity index (χ2v) is 9.24. The third-order valence-corrected chi connectivity index (χ3v) is 8.60. The van der Waals surface area contributed by atoms with Gasteiger partial charge in [0.15, 0.2) is 11.4 Å². The van der Waals surface area contributed by atoms with Gasteiger partial charge in [0.25, 0.3) is 0 Å². The zero-order valence-corrected chi connectivity index (χ0v) is 16.9. The van der Waals surface area contributed by atoms with Crippen LogP contribution in [0.2, 0.25) is 0 Å².